The Bertz CT molecular complexity index is 849. The van der Waals surface area contributed by atoms with E-state index in [0.717, 1.165) is 81.7 Å². The predicted octanol–water partition coefficient (Wildman–Crippen LogP) is 2.63. The summed E-state index contributed by atoms with van der Waals surface area (Å²) in [7, 11) is 1.73. The van der Waals surface area contributed by atoms with Gasteiger partial charge in [0, 0.05) is 62.9 Å². The Hall–Kier alpha value is -2.47. The van der Waals surface area contributed by atoms with Gasteiger partial charge in [0.1, 0.15) is 11.6 Å². The molecule has 0 aromatic carbocycles. The van der Waals surface area contributed by atoms with Gasteiger partial charge in [-0.25, -0.2) is 14.8 Å². The van der Waals surface area contributed by atoms with Crippen LogP contribution in [0.25, 0.3) is 0 Å². The lowest BCUT2D eigenvalue weighted by molar-refractivity contribution is -0.192. The Kier molecular flexibility index (Phi) is 10.9. The first-order valence-corrected chi connectivity index (χ1v) is 12.2. The van der Waals surface area contributed by atoms with Crippen LogP contribution in [-0.2, 0) is 26.2 Å². The maximum Gasteiger partial charge on any atom is 0.490 e. The number of hydrogen-bond acceptors (Lipinski definition) is 7. The molecular formula is C24H38F3N5O4. The van der Waals surface area contributed by atoms with E-state index in [1.165, 1.54) is 6.42 Å². The number of nitrogens with zero attached hydrogens (tertiary/aromatic N) is 4. The first kappa shape index (κ1) is 29.8. The third kappa shape index (κ3) is 9.53. The molecule has 2 heterocycles. The summed E-state index contributed by atoms with van der Waals surface area (Å²) in [5, 5.41) is 10.0. The number of carboxylic acid groups (broad SMARTS) is 1. The highest BCUT2D eigenvalue weighted by atomic mass is 19.4. The summed E-state index contributed by atoms with van der Waals surface area (Å²) in [6.07, 6.45) is 0.0776. The molecule has 1 aliphatic heterocycles. The van der Waals surface area contributed by atoms with Crippen molar-refractivity contribution in [3.05, 3.63) is 17.6 Å². The van der Waals surface area contributed by atoms with Crippen molar-refractivity contribution in [1.29, 1.82) is 0 Å². The molecule has 12 heteroatoms. The average Bonchev–Trinajstić information content (AvgIpc) is 2.78. The molecule has 3 rings (SSSR count). The Morgan fingerprint density at radius 2 is 1.81 bits per heavy atom. The van der Waals surface area contributed by atoms with Crippen LogP contribution in [0.15, 0.2) is 6.07 Å². The number of carboxylic acids is 1. The molecule has 0 atom stereocenters. The van der Waals surface area contributed by atoms with E-state index < -0.39 is 12.1 Å². The lowest BCUT2D eigenvalue weighted by Crippen LogP contribution is -2.48. The van der Waals surface area contributed by atoms with E-state index in [4.69, 9.17) is 24.6 Å². The van der Waals surface area contributed by atoms with Gasteiger partial charge < -0.3 is 20.1 Å². The SMILES string of the molecule is COCCc1cc(N2CCN(CCC3CC(NC=O)C3)CC2)nc(C(C)(C)C)n1.O=C(O)C(F)(F)F. The standard InChI is InChI=1S/C22H37N5O2.C2HF3O2/c1-22(2,3)21-24-18(6-12-29-4)15-20(25-21)27-10-8-26(9-11-27)7-5-17-13-19(14-17)23-16-28;3-2(4,5)1(6)7/h15-17,19H,5-14H2,1-4H3,(H,23,28);(H,6,7). The molecule has 2 N–H and O–H groups in total. The fourth-order valence-electron chi connectivity index (χ4n) is 4.08. The number of ether oxygens (including phenoxy) is 1. The zero-order valence-electron chi connectivity index (χ0n) is 21.5. The van der Waals surface area contributed by atoms with Gasteiger partial charge in [0.2, 0.25) is 6.41 Å². The number of anilines is 1. The van der Waals surface area contributed by atoms with Crippen LogP contribution in [0.4, 0.5) is 19.0 Å². The summed E-state index contributed by atoms with van der Waals surface area (Å²) in [6, 6.07) is 2.55. The van der Waals surface area contributed by atoms with E-state index in [1.54, 1.807) is 7.11 Å². The number of alkyl halides is 3. The van der Waals surface area contributed by atoms with Gasteiger partial charge in [-0.3, -0.25) is 9.69 Å². The number of carbonyl (C=O) groups excluding carboxylic acids is 1. The lowest BCUT2D eigenvalue weighted by Gasteiger charge is -2.39. The third-order valence-electron chi connectivity index (χ3n) is 6.33. The van der Waals surface area contributed by atoms with E-state index in [1.807, 2.05) is 0 Å². The topological polar surface area (TPSA) is 108 Å². The Morgan fingerprint density at radius 3 is 2.31 bits per heavy atom. The smallest absolute Gasteiger partial charge is 0.475 e. The number of amides is 1. The summed E-state index contributed by atoms with van der Waals surface area (Å²) in [5.41, 5.74) is 0.992. The number of rotatable bonds is 9. The summed E-state index contributed by atoms with van der Waals surface area (Å²) < 4.78 is 37.0. The van der Waals surface area contributed by atoms with Crippen LogP contribution in [0, 0.1) is 5.92 Å². The van der Waals surface area contributed by atoms with Gasteiger partial charge in [-0.15, -0.1) is 0 Å². The Balaban J connectivity index is 0.000000572. The molecule has 2 aliphatic rings. The van der Waals surface area contributed by atoms with Gasteiger partial charge in [0.25, 0.3) is 0 Å². The van der Waals surface area contributed by atoms with Crippen molar-refractivity contribution in [2.75, 3.05) is 51.3 Å². The highest BCUT2D eigenvalue weighted by Crippen LogP contribution is 2.30. The van der Waals surface area contributed by atoms with Crippen molar-refractivity contribution >= 4 is 18.2 Å². The predicted molar refractivity (Wildman–Crippen MR) is 129 cm³/mol. The molecule has 1 saturated heterocycles. The quantitative estimate of drug-likeness (QED) is 0.482. The van der Waals surface area contributed by atoms with Crippen molar-refractivity contribution < 1.29 is 32.6 Å². The van der Waals surface area contributed by atoms with E-state index in [9.17, 15) is 18.0 Å². The number of aromatic nitrogens is 2. The van der Waals surface area contributed by atoms with Crippen molar-refractivity contribution in [2.45, 2.75) is 64.1 Å². The van der Waals surface area contributed by atoms with Gasteiger partial charge in [-0.2, -0.15) is 13.2 Å². The normalized spacial score (nSPS) is 20.7. The van der Waals surface area contributed by atoms with Crippen LogP contribution < -0.4 is 10.2 Å². The van der Waals surface area contributed by atoms with Crippen LogP contribution in [0.5, 0.6) is 0 Å². The zero-order valence-corrected chi connectivity index (χ0v) is 21.5. The Labute approximate surface area is 210 Å². The van der Waals surface area contributed by atoms with Gasteiger partial charge in [0.05, 0.1) is 6.61 Å². The van der Waals surface area contributed by atoms with Gasteiger partial charge >= 0.3 is 12.1 Å². The minimum Gasteiger partial charge on any atom is -0.475 e. The summed E-state index contributed by atoms with van der Waals surface area (Å²) in [4.78, 5) is 34.0. The van der Waals surface area contributed by atoms with Crippen LogP contribution in [0.3, 0.4) is 0 Å². The number of piperazine rings is 1. The summed E-state index contributed by atoms with van der Waals surface area (Å²) >= 11 is 0. The van der Waals surface area contributed by atoms with E-state index >= 15 is 0 Å². The molecule has 1 aromatic heterocycles. The van der Waals surface area contributed by atoms with E-state index in [0.29, 0.717) is 12.6 Å². The van der Waals surface area contributed by atoms with Crippen LogP contribution >= 0.6 is 0 Å². The van der Waals surface area contributed by atoms with Gasteiger partial charge in [-0.1, -0.05) is 20.8 Å². The maximum atomic E-state index is 10.6. The molecule has 2 fully saturated rings. The van der Waals surface area contributed by atoms with E-state index in [2.05, 4.69) is 42.0 Å². The molecule has 1 amide bonds. The minimum atomic E-state index is -5.08. The summed E-state index contributed by atoms with van der Waals surface area (Å²) in [5.74, 6) is -0.0259. The molecule has 9 nitrogen and oxygen atoms in total. The molecule has 1 aromatic rings. The number of aliphatic carboxylic acids is 1. The first-order chi connectivity index (χ1) is 16.8. The maximum absolute atomic E-state index is 10.6. The Morgan fingerprint density at radius 1 is 1.19 bits per heavy atom. The number of nitrogens with one attached hydrogen (secondary N) is 1. The fourth-order valence-corrected chi connectivity index (χ4v) is 4.08. The number of hydrogen-bond donors (Lipinski definition) is 2. The molecule has 0 spiro atoms. The van der Waals surface area contributed by atoms with Crippen molar-refractivity contribution in [3.8, 4) is 0 Å². The second kappa shape index (κ2) is 13.2. The molecule has 1 saturated carbocycles. The highest BCUT2D eigenvalue weighted by Gasteiger charge is 2.38. The van der Waals surface area contributed by atoms with Gasteiger partial charge in [0.15, 0.2) is 0 Å². The second-order valence-electron chi connectivity index (χ2n) is 10.3. The zero-order chi connectivity index (χ0) is 26.9. The highest BCUT2D eigenvalue weighted by molar-refractivity contribution is 5.73. The second-order valence-corrected chi connectivity index (χ2v) is 10.3. The van der Waals surface area contributed by atoms with Crippen molar-refractivity contribution in [1.82, 2.24) is 20.2 Å². The van der Waals surface area contributed by atoms with Crippen molar-refractivity contribution in [2.24, 2.45) is 5.92 Å². The minimum absolute atomic E-state index is 0.0704. The molecule has 36 heavy (non-hydrogen) atoms. The summed E-state index contributed by atoms with van der Waals surface area (Å²) in [6.45, 7) is 12.5. The number of methoxy groups -OCH3 is 1. The average molecular weight is 518 g/mol. The van der Waals surface area contributed by atoms with Crippen molar-refractivity contribution in [3.63, 3.8) is 0 Å². The first-order valence-electron chi connectivity index (χ1n) is 12.2. The van der Waals surface area contributed by atoms with Crippen LogP contribution in [-0.4, -0.2) is 91.0 Å². The molecular weight excluding hydrogens is 479 g/mol. The number of halogens is 3. The largest absolute Gasteiger partial charge is 0.490 e. The third-order valence-corrected chi connectivity index (χ3v) is 6.33. The lowest BCUT2D eigenvalue weighted by atomic mass is 9.78. The van der Waals surface area contributed by atoms with Crippen LogP contribution in [0.1, 0.15) is 51.6 Å². The monoisotopic (exact) mass is 517 g/mol. The molecule has 0 radical (unpaired) electrons. The fraction of sp³-hybridized carbons (Fsp3) is 0.750. The molecule has 1 aliphatic carbocycles. The van der Waals surface area contributed by atoms with Gasteiger partial charge in [-0.05, 0) is 31.7 Å². The molecule has 0 bridgehead atoms. The number of carbonyl (C=O) groups is 2. The molecule has 0 unspecified atom stereocenters. The van der Waals surface area contributed by atoms with E-state index in [-0.39, 0.29) is 5.41 Å². The van der Waals surface area contributed by atoms with Crippen LogP contribution in [0.2, 0.25) is 0 Å². The molecule has 204 valence electrons.